The van der Waals surface area contributed by atoms with E-state index < -0.39 is 0 Å². The zero-order valence-electron chi connectivity index (χ0n) is 16.4. The van der Waals surface area contributed by atoms with Crippen molar-refractivity contribution >= 4 is 23.8 Å². The van der Waals surface area contributed by atoms with Crippen molar-refractivity contribution in [2.75, 3.05) is 12.8 Å². The summed E-state index contributed by atoms with van der Waals surface area (Å²) in [6, 6.07) is 20.9. The van der Waals surface area contributed by atoms with Gasteiger partial charge in [0.15, 0.2) is 0 Å². The summed E-state index contributed by atoms with van der Waals surface area (Å²) in [6.07, 6.45) is 1.52. The fraction of sp³-hybridized carbons (Fsp3) is 0.0870. The molecule has 3 aromatic rings. The molecule has 0 aromatic heterocycles. The summed E-state index contributed by atoms with van der Waals surface area (Å²) < 4.78 is 10.6. The average molecular weight is 403 g/mol. The summed E-state index contributed by atoms with van der Waals surface area (Å²) in [5.41, 5.74) is 11.2. The van der Waals surface area contributed by atoms with Gasteiger partial charge in [0.2, 0.25) is 0 Å². The molecule has 7 nitrogen and oxygen atoms in total. The van der Waals surface area contributed by atoms with Gasteiger partial charge in [0.05, 0.1) is 18.9 Å². The molecule has 0 saturated carbocycles. The number of hydrazone groups is 1. The third kappa shape index (κ3) is 5.45. The summed E-state index contributed by atoms with van der Waals surface area (Å²) in [6.45, 7) is 0.310. The summed E-state index contributed by atoms with van der Waals surface area (Å²) >= 11 is 0. The van der Waals surface area contributed by atoms with Crippen molar-refractivity contribution in [3.8, 4) is 5.75 Å². The molecule has 0 unspecified atom stereocenters. The standard InChI is InChI=1S/C23H21N3O4/c1-29-23(28)18-8-6-16(7-9-18)15-30-21-5-3-2-4-19(21)14-25-26-22(27)17-10-12-20(24)13-11-17/h2-14H,15,24H2,1H3,(H,26,27)/b25-14-. The van der Waals surface area contributed by atoms with Crippen LogP contribution >= 0.6 is 0 Å². The number of hydrogen-bond acceptors (Lipinski definition) is 6. The van der Waals surface area contributed by atoms with E-state index in [-0.39, 0.29) is 11.9 Å². The Morgan fingerprint density at radius 1 is 0.967 bits per heavy atom. The normalized spacial score (nSPS) is 10.6. The van der Waals surface area contributed by atoms with Crippen LogP contribution in [0.15, 0.2) is 77.9 Å². The molecule has 0 heterocycles. The van der Waals surface area contributed by atoms with Crippen molar-refractivity contribution in [3.63, 3.8) is 0 Å². The zero-order chi connectivity index (χ0) is 21.3. The van der Waals surface area contributed by atoms with Crippen LogP contribution in [0.25, 0.3) is 0 Å². The minimum Gasteiger partial charge on any atom is -0.488 e. The Morgan fingerprint density at radius 2 is 1.63 bits per heavy atom. The maximum Gasteiger partial charge on any atom is 0.337 e. The highest BCUT2D eigenvalue weighted by Gasteiger charge is 2.06. The van der Waals surface area contributed by atoms with Crippen LogP contribution in [0.5, 0.6) is 5.75 Å². The summed E-state index contributed by atoms with van der Waals surface area (Å²) in [7, 11) is 1.34. The lowest BCUT2D eigenvalue weighted by molar-refractivity contribution is 0.0600. The molecule has 0 aliphatic rings. The number of ether oxygens (including phenoxy) is 2. The van der Waals surface area contributed by atoms with Crippen molar-refractivity contribution < 1.29 is 19.1 Å². The predicted octanol–water partition coefficient (Wildman–Crippen LogP) is 3.40. The smallest absolute Gasteiger partial charge is 0.337 e. The van der Waals surface area contributed by atoms with Crippen LogP contribution in [0, 0.1) is 0 Å². The van der Waals surface area contributed by atoms with Crippen molar-refractivity contribution in [1.82, 2.24) is 5.43 Å². The van der Waals surface area contributed by atoms with E-state index in [0.717, 1.165) is 5.56 Å². The van der Waals surface area contributed by atoms with Gasteiger partial charge in [-0.1, -0.05) is 24.3 Å². The lowest BCUT2D eigenvalue weighted by Crippen LogP contribution is -2.17. The molecule has 0 fully saturated rings. The van der Waals surface area contributed by atoms with Crippen LogP contribution in [0.1, 0.15) is 31.8 Å². The number of amides is 1. The third-order valence-corrected chi connectivity index (χ3v) is 4.23. The Morgan fingerprint density at radius 3 is 2.33 bits per heavy atom. The molecule has 3 rings (SSSR count). The zero-order valence-corrected chi connectivity index (χ0v) is 16.4. The third-order valence-electron chi connectivity index (χ3n) is 4.23. The highest BCUT2D eigenvalue weighted by molar-refractivity contribution is 5.95. The number of carbonyl (C=O) groups excluding carboxylic acids is 2. The first-order chi connectivity index (χ1) is 14.6. The number of para-hydroxylation sites is 1. The number of nitrogens with zero attached hydrogens (tertiary/aromatic N) is 1. The van der Waals surface area contributed by atoms with Crippen LogP contribution in [-0.4, -0.2) is 25.2 Å². The first kappa shape index (κ1) is 20.6. The Kier molecular flexibility index (Phi) is 6.78. The molecule has 0 atom stereocenters. The lowest BCUT2D eigenvalue weighted by Gasteiger charge is -2.09. The highest BCUT2D eigenvalue weighted by Crippen LogP contribution is 2.18. The van der Waals surface area contributed by atoms with Gasteiger partial charge in [0.1, 0.15) is 12.4 Å². The molecule has 0 aliphatic carbocycles. The molecule has 0 spiro atoms. The number of nitrogens with one attached hydrogen (secondary N) is 1. The van der Waals surface area contributed by atoms with Gasteiger partial charge < -0.3 is 15.2 Å². The SMILES string of the molecule is COC(=O)c1ccc(COc2ccccc2/C=N\NC(=O)c2ccc(N)cc2)cc1. The second-order valence-corrected chi connectivity index (χ2v) is 6.34. The van der Waals surface area contributed by atoms with Gasteiger partial charge in [-0.3, -0.25) is 4.79 Å². The van der Waals surface area contributed by atoms with Crippen molar-refractivity contribution in [3.05, 3.63) is 95.1 Å². The Hall–Kier alpha value is -4.13. The molecule has 0 saturated heterocycles. The topological polar surface area (TPSA) is 103 Å². The van der Waals surface area contributed by atoms with E-state index in [2.05, 4.69) is 15.3 Å². The quantitative estimate of drug-likeness (QED) is 0.272. The molecule has 3 aromatic carbocycles. The number of hydrogen-bond donors (Lipinski definition) is 2. The number of benzene rings is 3. The van der Waals surface area contributed by atoms with Gasteiger partial charge in [-0.2, -0.15) is 5.10 Å². The van der Waals surface area contributed by atoms with E-state index in [1.165, 1.54) is 13.3 Å². The van der Waals surface area contributed by atoms with Gasteiger partial charge in [0.25, 0.3) is 5.91 Å². The van der Waals surface area contributed by atoms with E-state index in [4.69, 9.17) is 10.5 Å². The van der Waals surface area contributed by atoms with Crippen molar-refractivity contribution in [2.24, 2.45) is 5.10 Å². The molecule has 3 N–H and O–H groups in total. The fourth-order valence-corrected chi connectivity index (χ4v) is 2.59. The molecule has 30 heavy (non-hydrogen) atoms. The van der Waals surface area contributed by atoms with Crippen LogP contribution in [0.4, 0.5) is 5.69 Å². The number of rotatable bonds is 7. The van der Waals surface area contributed by atoms with Gasteiger partial charge >= 0.3 is 5.97 Å². The van der Waals surface area contributed by atoms with E-state index in [1.807, 2.05) is 24.3 Å². The van der Waals surface area contributed by atoms with Crippen LogP contribution in [0.2, 0.25) is 0 Å². The van der Waals surface area contributed by atoms with E-state index in [0.29, 0.717) is 34.7 Å². The minimum absolute atomic E-state index is 0.310. The average Bonchev–Trinajstić information content (AvgIpc) is 2.78. The molecule has 152 valence electrons. The number of nitrogens with two attached hydrogens (primary N) is 1. The summed E-state index contributed by atoms with van der Waals surface area (Å²) in [5.74, 6) is -0.111. The molecule has 0 radical (unpaired) electrons. The number of nitrogen functional groups attached to an aromatic ring is 1. The molecule has 1 amide bonds. The lowest BCUT2D eigenvalue weighted by atomic mass is 10.1. The van der Waals surface area contributed by atoms with Gasteiger partial charge in [-0.15, -0.1) is 0 Å². The van der Waals surface area contributed by atoms with Crippen LogP contribution in [-0.2, 0) is 11.3 Å². The first-order valence-electron chi connectivity index (χ1n) is 9.15. The van der Waals surface area contributed by atoms with E-state index in [9.17, 15) is 9.59 Å². The molecule has 0 bridgehead atoms. The number of carbonyl (C=O) groups is 2. The Labute approximate surface area is 174 Å². The van der Waals surface area contributed by atoms with Crippen molar-refractivity contribution in [2.45, 2.75) is 6.61 Å². The summed E-state index contributed by atoms with van der Waals surface area (Å²) in [4.78, 5) is 23.6. The monoisotopic (exact) mass is 403 g/mol. The second-order valence-electron chi connectivity index (χ2n) is 6.34. The van der Waals surface area contributed by atoms with Gasteiger partial charge in [-0.25, -0.2) is 10.2 Å². The number of methoxy groups -OCH3 is 1. The first-order valence-corrected chi connectivity index (χ1v) is 9.15. The number of esters is 1. The van der Waals surface area contributed by atoms with E-state index in [1.54, 1.807) is 48.5 Å². The van der Waals surface area contributed by atoms with E-state index >= 15 is 0 Å². The highest BCUT2D eigenvalue weighted by atomic mass is 16.5. The maximum atomic E-state index is 12.1. The van der Waals surface area contributed by atoms with Crippen LogP contribution < -0.4 is 15.9 Å². The minimum atomic E-state index is -0.384. The largest absolute Gasteiger partial charge is 0.488 e. The summed E-state index contributed by atoms with van der Waals surface area (Å²) in [5, 5.41) is 4.01. The second kappa shape index (κ2) is 9.88. The number of anilines is 1. The van der Waals surface area contributed by atoms with Gasteiger partial charge in [0, 0.05) is 16.8 Å². The molecule has 7 heteroatoms. The predicted molar refractivity (Wildman–Crippen MR) is 114 cm³/mol. The maximum absolute atomic E-state index is 12.1. The molecule has 0 aliphatic heterocycles. The van der Waals surface area contributed by atoms with Crippen LogP contribution in [0.3, 0.4) is 0 Å². The molecular weight excluding hydrogens is 382 g/mol. The Balaban J connectivity index is 1.61. The fourth-order valence-electron chi connectivity index (χ4n) is 2.59. The van der Waals surface area contributed by atoms with Crippen molar-refractivity contribution in [1.29, 1.82) is 0 Å². The Bertz CT molecular complexity index is 1040. The van der Waals surface area contributed by atoms with Gasteiger partial charge in [-0.05, 0) is 54.1 Å². The molecular formula is C23H21N3O4.